The number of aromatic nitrogens is 2. The van der Waals surface area contributed by atoms with E-state index in [0.29, 0.717) is 22.3 Å². The van der Waals surface area contributed by atoms with Crippen LogP contribution in [0.15, 0.2) is 46.8 Å². The van der Waals surface area contributed by atoms with Crippen LogP contribution in [0.2, 0.25) is 0 Å². The molecular weight excluding hydrogens is 476 g/mol. The van der Waals surface area contributed by atoms with Crippen LogP contribution in [0.4, 0.5) is 10.8 Å². The highest BCUT2D eigenvalue weighted by Crippen LogP contribution is 2.28. The number of nitrogens with zero attached hydrogens (tertiary/aromatic N) is 3. The van der Waals surface area contributed by atoms with Gasteiger partial charge in [-0.3, -0.25) is 14.4 Å². The second-order valence-corrected chi connectivity index (χ2v) is 12.4. The van der Waals surface area contributed by atoms with Crippen LogP contribution < -0.4 is 9.62 Å². The van der Waals surface area contributed by atoms with Gasteiger partial charge in [0.15, 0.2) is 4.34 Å². The van der Waals surface area contributed by atoms with E-state index >= 15 is 0 Å². The Morgan fingerprint density at radius 3 is 2.45 bits per heavy atom. The molecule has 0 saturated heterocycles. The van der Waals surface area contributed by atoms with Crippen LogP contribution in [-0.2, 0) is 16.6 Å². The van der Waals surface area contributed by atoms with Crippen molar-refractivity contribution < 1.29 is 13.2 Å². The number of sulfonamides is 1. The van der Waals surface area contributed by atoms with Crippen LogP contribution in [0.25, 0.3) is 0 Å². The Hall–Kier alpha value is -2.43. The number of hydrogen-bond donors (Lipinski definition) is 1. The molecule has 10 heteroatoms. The minimum atomic E-state index is -3.49. The third kappa shape index (κ3) is 7.02. The fraction of sp³-hybridized carbons (Fsp3) is 0.348. The molecule has 2 aromatic carbocycles. The topological polar surface area (TPSA) is 92.3 Å². The zero-order valence-corrected chi connectivity index (χ0v) is 21.8. The van der Waals surface area contributed by atoms with Gasteiger partial charge in [-0.15, -0.1) is 10.2 Å². The Kier molecular flexibility index (Phi) is 8.14. The Balaban J connectivity index is 1.71. The summed E-state index contributed by atoms with van der Waals surface area (Å²) < 4.78 is 27.2. The lowest BCUT2D eigenvalue weighted by Crippen LogP contribution is -2.30. The number of hydrogen-bond acceptors (Lipinski definition) is 7. The van der Waals surface area contributed by atoms with Gasteiger partial charge in [0.1, 0.15) is 0 Å². The van der Waals surface area contributed by atoms with Crippen LogP contribution >= 0.6 is 23.1 Å². The monoisotopic (exact) mass is 504 g/mol. The molecule has 0 aliphatic heterocycles. The van der Waals surface area contributed by atoms with Crippen molar-refractivity contribution in [1.29, 1.82) is 0 Å². The van der Waals surface area contributed by atoms with Crippen molar-refractivity contribution in [1.82, 2.24) is 10.2 Å². The minimum absolute atomic E-state index is 0.178. The van der Waals surface area contributed by atoms with Crippen LogP contribution in [0.3, 0.4) is 0 Å². The van der Waals surface area contributed by atoms with E-state index in [9.17, 15) is 13.2 Å². The van der Waals surface area contributed by atoms with Gasteiger partial charge in [-0.25, -0.2) is 8.42 Å². The number of carbonyl (C=O) groups is 1. The maximum absolute atomic E-state index is 12.6. The van der Waals surface area contributed by atoms with E-state index in [1.165, 1.54) is 21.9 Å². The first kappa shape index (κ1) is 25.2. The molecule has 0 saturated carbocycles. The lowest BCUT2D eigenvalue weighted by molar-refractivity contribution is 0.102. The van der Waals surface area contributed by atoms with Gasteiger partial charge in [0, 0.05) is 11.3 Å². The molecular formula is C23H28N4O3S3. The van der Waals surface area contributed by atoms with Crippen LogP contribution in [0.1, 0.15) is 40.9 Å². The largest absolute Gasteiger partial charge is 0.296 e. The van der Waals surface area contributed by atoms with Crippen molar-refractivity contribution in [3.05, 3.63) is 64.7 Å². The van der Waals surface area contributed by atoms with E-state index in [4.69, 9.17) is 0 Å². The van der Waals surface area contributed by atoms with Crippen LogP contribution in [0, 0.1) is 19.8 Å². The van der Waals surface area contributed by atoms with E-state index in [-0.39, 0.29) is 12.5 Å². The average Bonchev–Trinajstić information content (AvgIpc) is 3.19. The van der Waals surface area contributed by atoms with Gasteiger partial charge in [0.05, 0.1) is 18.5 Å². The molecule has 1 N–H and O–H groups in total. The van der Waals surface area contributed by atoms with E-state index in [0.717, 1.165) is 26.8 Å². The first-order valence-corrected chi connectivity index (χ1v) is 14.1. The van der Waals surface area contributed by atoms with Crippen molar-refractivity contribution in [2.45, 2.75) is 38.6 Å². The van der Waals surface area contributed by atoms with Gasteiger partial charge < -0.3 is 0 Å². The number of carbonyl (C=O) groups excluding carboxylic acids is 1. The predicted molar refractivity (Wildman–Crippen MR) is 137 cm³/mol. The molecule has 7 nitrogen and oxygen atoms in total. The Bertz CT molecular complexity index is 1220. The molecule has 3 aromatic rings. The summed E-state index contributed by atoms with van der Waals surface area (Å²) in [4.78, 5) is 12.6. The van der Waals surface area contributed by atoms with Gasteiger partial charge in [-0.2, -0.15) is 0 Å². The SMILES string of the molecule is Cc1ccc(C)c(N(Cc2ccc(C(=O)Nc3nnc(SCC(C)C)s3)cc2)S(C)(=O)=O)c1. The fourth-order valence-corrected chi connectivity index (χ4v) is 5.68. The highest BCUT2D eigenvalue weighted by atomic mass is 32.2. The third-order valence-electron chi connectivity index (χ3n) is 4.74. The van der Waals surface area contributed by atoms with Crippen LogP contribution in [0.5, 0.6) is 0 Å². The summed E-state index contributed by atoms with van der Waals surface area (Å²) in [7, 11) is -3.49. The van der Waals surface area contributed by atoms with Crippen molar-refractivity contribution in [2.75, 3.05) is 21.6 Å². The highest BCUT2D eigenvalue weighted by molar-refractivity contribution is 8.01. The second-order valence-electron chi connectivity index (χ2n) is 8.29. The quantitative estimate of drug-likeness (QED) is 0.321. The zero-order chi connectivity index (χ0) is 24.2. The molecule has 33 heavy (non-hydrogen) atoms. The number of aryl methyl sites for hydroxylation is 2. The number of rotatable bonds is 9. The normalized spacial score (nSPS) is 11.6. The number of thioether (sulfide) groups is 1. The van der Waals surface area contributed by atoms with Gasteiger partial charge in [-0.05, 0) is 54.7 Å². The molecule has 0 spiro atoms. The highest BCUT2D eigenvalue weighted by Gasteiger charge is 2.20. The predicted octanol–water partition coefficient (Wildman–Crippen LogP) is 5.12. The van der Waals surface area contributed by atoms with E-state index in [1.807, 2.05) is 32.0 Å². The lowest BCUT2D eigenvalue weighted by atomic mass is 10.1. The summed E-state index contributed by atoms with van der Waals surface area (Å²) in [5.74, 6) is 1.20. The summed E-state index contributed by atoms with van der Waals surface area (Å²) >= 11 is 2.97. The summed E-state index contributed by atoms with van der Waals surface area (Å²) in [6.07, 6.45) is 1.20. The smallest absolute Gasteiger partial charge is 0.257 e. The number of benzene rings is 2. The fourth-order valence-electron chi connectivity index (χ4n) is 3.02. The Morgan fingerprint density at radius 1 is 1.12 bits per heavy atom. The molecule has 1 heterocycles. The zero-order valence-electron chi connectivity index (χ0n) is 19.3. The standard InChI is InChI=1S/C23H28N4O3S3/c1-15(2)14-31-23-26-25-22(32-23)24-21(28)19-10-8-18(9-11-19)13-27(33(5,29)30)20-12-16(3)6-7-17(20)4/h6-12,15H,13-14H2,1-5H3,(H,24,25,28). The summed E-state index contributed by atoms with van der Waals surface area (Å²) in [6, 6.07) is 12.6. The molecule has 3 rings (SSSR count). The lowest BCUT2D eigenvalue weighted by Gasteiger charge is -2.25. The van der Waals surface area contributed by atoms with E-state index in [1.54, 1.807) is 36.0 Å². The molecule has 176 valence electrons. The summed E-state index contributed by atoms with van der Waals surface area (Å²) in [5, 5.41) is 11.4. The van der Waals surface area contributed by atoms with E-state index in [2.05, 4.69) is 29.4 Å². The van der Waals surface area contributed by atoms with Crippen molar-refractivity contribution in [3.63, 3.8) is 0 Å². The second kappa shape index (κ2) is 10.7. The summed E-state index contributed by atoms with van der Waals surface area (Å²) in [6.45, 7) is 8.27. The average molecular weight is 505 g/mol. The van der Waals surface area contributed by atoms with Crippen molar-refractivity contribution in [3.8, 4) is 0 Å². The molecule has 1 amide bonds. The molecule has 0 radical (unpaired) electrons. The molecule has 0 aliphatic carbocycles. The molecule has 0 atom stereocenters. The minimum Gasteiger partial charge on any atom is -0.296 e. The van der Waals surface area contributed by atoms with Gasteiger partial charge in [-0.1, -0.05) is 61.2 Å². The molecule has 0 fully saturated rings. The molecule has 0 bridgehead atoms. The number of amides is 1. The number of nitrogens with one attached hydrogen (secondary N) is 1. The molecule has 0 aliphatic rings. The maximum Gasteiger partial charge on any atom is 0.257 e. The molecule has 1 aromatic heterocycles. The van der Waals surface area contributed by atoms with Crippen LogP contribution in [-0.4, -0.2) is 36.5 Å². The van der Waals surface area contributed by atoms with Gasteiger partial charge in [0.2, 0.25) is 15.2 Å². The number of anilines is 2. The summed E-state index contributed by atoms with van der Waals surface area (Å²) in [5.41, 5.74) is 3.76. The molecule has 0 unspecified atom stereocenters. The Labute approximate surface area is 203 Å². The van der Waals surface area contributed by atoms with Crippen molar-refractivity contribution in [2.24, 2.45) is 5.92 Å². The van der Waals surface area contributed by atoms with Gasteiger partial charge in [0.25, 0.3) is 5.91 Å². The first-order chi connectivity index (χ1) is 15.5. The maximum atomic E-state index is 12.6. The van der Waals surface area contributed by atoms with E-state index < -0.39 is 10.0 Å². The van der Waals surface area contributed by atoms with Gasteiger partial charge >= 0.3 is 0 Å². The Morgan fingerprint density at radius 2 is 1.82 bits per heavy atom. The van der Waals surface area contributed by atoms with Crippen molar-refractivity contribution >= 4 is 49.8 Å². The first-order valence-electron chi connectivity index (χ1n) is 10.4. The third-order valence-corrected chi connectivity index (χ3v) is 8.27.